The maximum Gasteiger partial charge on any atom is 0.573 e. The van der Waals surface area contributed by atoms with Gasteiger partial charge in [-0.15, -0.1) is 13.2 Å². The Morgan fingerprint density at radius 2 is 1.89 bits per heavy atom. The second-order valence-corrected chi connectivity index (χ2v) is 13.1. The summed E-state index contributed by atoms with van der Waals surface area (Å²) in [5, 5.41) is 12.3. The normalized spacial score (nSPS) is 17.6. The van der Waals surface area contributed by atoms with Crippen LogP contribution in [0.5, 0.6) is 11.5 Å². The molecule has 11 nitrogen and oxygen atoms in total. The molecule has 2 fully saturated rings. The minimum Gasteiger partial charge on any atom is -0.493 e. The van der Waals surface area contributed by atoms with Crippen LogP contribution in [-0.2, 0) is 11.3 Å². The van der Waals surface area contributed by atoms with Gasteiger partial charge in [0, 0.05) is 36.6 Å². The first kappa shape index (κ1) is 32.4. The van der Waals surface area contributed by atoms with Crippen molar-refractivity contribution in [1.29, 1.82) is 0 Å². The molecule has 2 aliphatic rings. The van der Waals surface area contributed by atoms with Gasteiger partial charge in [0.2, 0.25) is 0 Å². The number of aromatic nitrogens is 3. The lowest BCUT2D eigenvalue weighted by Gasteiger charge is -2.37. The maximum atomic E-state index is 13.2. The Kier molecular flexibility index (Phi) is 9.49. The second kappa shape index (κ2) is 13.2. The first-order valence-corrected chi connectivity index (χ1v) is 15.4. The van der Waals surface area contributed by atoms with Crippen molar-refractivity contribution in [3.8, 4) is 22.8 Å². The van der Waals surface area contributed by atoms with Crippen LogP contribution in [0.25, 0.3) is 11.3 Å². The predicted molar refractivity (Wildman–Crippen MR) is 162 cm³/mol. The number of carbonyl (C=O) groups is 2. The Morgan fingerprint density at radius 1 is 1.13 bits per heavy atom. The van der Waals surface area contributed by atoms with E-state index in [0.717, 1.165) is 30.8 Å². The van der Waals surface area contributed by atoms with E-state index in [1.807, 2.05) is 4.90 Å². The molecule has 1 aromatic carbocycles. The molecule has 2 saturated heterocycles. The molecule has 0 saturated carbocycles. The first-order chi connectivity index (χ1) is 21.3. The molecule has 0 unspecified atom stereocenters. The highest BCUT2D eigenvalue weighted by molar-refractivity contribution is 7.16. The molecule has 5 rings (SSSR count). The van der Waals surface area contributed by atoms with Crippen molar-refractivity contribution in [2.45, 2.75) is 52.4 Å². The van der Waals surface area contributed by atoms with E-state index in [-0.39, 0.29) is 27.9 Å². The van der Waals surface area contributed by atoms with Crippen molar-refractivity contribution < 1.29 is 37.3 Å². The zero-order chi connectivity index (χ0) is 32.4. The molecule has 1 amide bonds. The monoisotopic (exact) mass is 648 g/mol. The molecule has 0 bridgehead atoms. The van der Waals surface area contributed by atoms with E-state index in [1.165, 1.54) is 43.0 Å². The number of nitrogens with zero attached hydrogens (tertiary/aromatic N) is 5. The maximum absolute atomic E-state index is 13.2. The van der Waals surface area contributed by atoms with E-state index in [9.17, 15) is 27.9 Å². The fraction of sp³-hybridized carbons (Fsp3) is 0.500. The van der Waals surface area contributed by atoms with Crippen molar-refractivity contribution in [2.75, 3.05) is 43.5 Å². The largest absolute Gasteiger partial charge is 0.573 e. The van der Waals surface area contributed by atoms with Crippen LogP contribution in [0.15, 0.2) is 30.6 Å². The Labute approximate surface area is 262 Å². The van der Waals surface area contributed by atoms with Gasteiger partial charge < -0.3 is 19.5 Å². The summed E-state index contributed by atoms with van der Waals surface area (Å²) < 4.78 is 48.8. The number of likely N-dealkylation sites (tertiary alicyclic amines) is 1. The zero-order valence-corrected chi connectivity index (χ0v) is 26.0. The molecule has 4 heterocycles. The lowest BCUT2D eigenvalue weighted by molar-refractivity contribution is -0.275. The quantitative estimate of drug-likeness (QED) is 0.299. The van der Waals surface area contributed by atoms with Crippen LogP contribution < -0.4 is 19.7 Å². The van der Waals surface area contributed by atoms with Crippen LogP contribution in [0.3, 0.4) is 0 Å². The third-order valence-corrected chi connectivity index (χ3v) is 8.92. The molecule has 2 N–H and O–H groups in total. The second-order valence-electron chi connectivity index (χ2n) is 12.0. The lowest BCUT2D eigenvalue weighted by Crippen LogP contribution is -2.39. The number of piperidine rings is 2. The highest BCUT2D eigenvalue weighted by atomic mass is 32.1. The highest BCUT2D eigenvalue weighted by Crippen LogP contribution is 2.40. The van der Waals surface area contributed by atoms with Crippen molar-refractivity contribution in [2.24, 2.45) is 11.3 Å². The number of alkyl halides is 3. The summed E-state index contributed by atoms with van der Waals surface area (Å²) in [5.74, 6) is -1.74. The molecular weight excluding hydrogens is 613 g/mol. The number of carbonyl (C=O) groups excluding carboxylic acids is 1. The highest BCUT2D eigenvalue weighted by Gasteiger charge is 2.33. The number of carboxylic acids is 1. The molecular formula is C30H35F3N6O5S. The Hall–Kier alpha value is -3.98. The van der Waals surface area contributed by atoms with Crippen LogP contribution in [-0.4, -0.2) is 76.5 Å². The van der Waals surface area contributed by atoms with Crippen LogP contribution >= 0.6 is 11.3 Å². The van der Waals surface area contributed by atoms with Gasteiger partial charge in [0.05, 0.1) is 31.1 Å². The summed E-state index contributed by atoms with van der Waals surface area (Å²) in [6, 6.07) is 4.24. The van der Waals surface area contributed by atoms with Gasteiger partial charge in [0.15, 0.2) is 16.6 Å². The number of hydrogen-bond acceptors (Lipinski definition) is 10. The number of hydrogen-bond donors (Lipinski definition) is 2. The summed E-state index contributed by atoms with van der Waals surface area (Å²) in [5.41, 5.74) is 0.985. The predicted octanol–water partition coefficient (Wildman–Crippen LogP) is 5.68. The number of ether oxygens (including phenoxy) is 2. The number of amides is 1. The summed E-state index contributed by atoms with van der Waals surface area (Å²) in [6.07, 6.45) is 1.03. The number of benzene rings is 1. The number of aliphatic carboxylic acids is 1. The molecule has 15 heteroatoms. The van der Waals surface area contributed by atoms with E-state index in [4.69, 9.17) is 4.74 Å². The molecule has 242 valence electrons. The molecule has 2 aromatic heterocycles. The Morgan fingerprint density at radius 3 is 2.51 bits per heavy atom. The van der Waals surface area contributed by atoms with Gasteiger partial charge >= 0.3 is 12.3 Å². The first-order valence-electron chi connectivity index (χ1n) is 14.6. The van der Waals surface area contributed by atoms with E-state index in [1.54, 1.807) is 6.07 Å². The third-order valence-electron chi connectivity index (χ3n) is 7.97. The zero-order valence-electron chi connectivity index (χ0n) is 25.2. The van der Waals surface area contributed by atoms with Crippen molar-refractivity contribution in [3.63, 3.8) is 0 Å². The number of anilines is 2. The number of rotatable bonds is 9. The third kappa shape index (κ3) is 8.19. The smallest absolute Gasteiger partial charge is 0.493 e. The molecule has 0 spiro atoms. The van der Waals surface area contributed by atoms with Crippen LogP contribution in [0.1, 0.15) is 54.9 Å². The van der Waals surface area contributed by atoms with Gasteiger partial charge in [-0.05, 0) is 55.8 Å². The molecule has 0 atom stereocenters. The SMILES string of the molecule is COc1ccc(-c2nc(NC(=O)c3cnc(N4CCC(C(=O)O)CC4)cn3)sc2CN2CCCC(C)(C)C2)cc1OC(F)(F)F. The molecule has 0 aliphatic carbocycles. The van der Waals surface area contributed by atoms with Crippen molar-refractivity contribution in [3.05, 3.63) is 41.2 Å². The number of thiazole rings is 1. The molecule has 3 aromatic rings. The number of methoxy groups -OCH3 is 1. The molecule has 0 radical (unpaired) electrons. The topological polar surface area (TPSA) is 130 Å². The minimum atomic E-state index is -4.92. The summed E-state index contributed by atoms with van der Waals surface area (Å²) in [4.78, 5) is 42.6. The van der Waals surface area contributed by atoms with Crippen molar-refractivity contribution in [1.82, 2.24) is 19.9 Å². The van der Waals surface area contributed by atoms with E-state index in [0.29, 0.717) is 49.6 Å². The van der Waals surface area contributed by atoms with Crippen molar-refractivity contribution >= 4 is 34.2 Å². The van der Waals surface area contributed by atoms with Gasteiger partial charge in [-0.2, -0.15) is 0 Å². The molecule has 45 heavy (non-hydrogen) atoms. The number of carboxylic acid groups (broad SMARTS) is 1. The van der Waals surface area contributed by atoms with Gasteiger partial charge in [0.1, 0.15) is 11.5 Å². The Bertz CT molecular complexity index is 1520. The standard InChI is InChI=1S/C30H35F3N6O5S/c1-29(2)9-4-10-38(17-29)16-23-25(19-5-6-21(43-3)22(13-19)44-30(31,32)33)36-28(45-23)37-26(40)20-14-35-24(15-34-20)39-11-7-18(8-12-39)27(41)42/h5-6,13-15,18H,4,7-12,16-17H2,1-3H3,(H,41,42)(H,36,37,40). The number of nitrogens with one attached hydrogen (secondary N) is 1. The summed E-state index contributed by atoms with van der Waals surface area (Å²) in [6.45, 7) is 7.66. The van der Waals surface area contributed by atoms with Crippen LogP contribution in [0, 0.1) is 11.3 Å². The van der Waals surface area contributed by atoms with E-state index in [2.05, 4.69) is 43.8 Å². The van der Waals surface area contributed by atoms with Crippen LogP contribution in [0.4, 0.5) is 24.1 Å². The minimum absolute atomic E-state index is 0.0561. The van der Waals surface area contributed by atoms with Gasteiger partial charge in [-0.25, -0.2) is 15.0 Å². The average Bonchev–Trinajstić information content (AvgIpc) is 3.37. The Balaban J connectivity index is 1.37. The van der Waals surface area contributed by atoms with Gasteiger partial charge in [0.25, 0.3) is 5.91 Å². The summed E-state index contributed by atoms with van der Waals surface area (Å²) in [7, 11) is 1.26. The van der Waals surface area contributed by atoms with E-state index < -0.39 is 24.0 Å². The molecule has 2 aliphatic heterocycles. The lowest BCUT2D eigenvalue weighted by atomic mass is 9.84. The average molecular weight is 649 g/mol. The van der Waals surface area contributed by atoms with Gasteiger partial charge in [-0.3, -0.25) is 19.8 Å². The summed E-state index contributed by atoms with van der Waals surface area (Å²) >= 11 is 1.25. The van der Waals surface area contributed by atoms with Crippen LogP contribution in [0.2, 0.25) is 0 Å². The fourth-order valence-electron chi connectivity index (χ4n) is 5.77. The fourth-order valence-corrected chi connectivity index (χ4v) is 6.79. The van der Waals surface area contributed by atoms with E-state index >= 15 is 0 Å². The number of halogens is 3. The van der Waals surface area contributed by atoms with Gasteiger partial charge in [-0.1, -0.05) is 25.2 Å².